The van der Waals surface area contributed by atoms with Gasteiger partial charge < -0.3 is 14.2 Å². The fraction of sp³-hybridized carbons (Fsp3) is 0.600. The van der Waals surface area contributed by atoms with Crippen molar-refractivity contribution in [3.8, 4) is 5.75 Å². The predicted octanol–water partition coefficient (Wildman–Crippen LogP) is 3.53. The van der Waals surface area contributed by atoms with Gasteiger partial charge in [0.05, 0.1) is 6.61 Å². The lowest BCUT2D eigenvalue weighted by Gasteiger charge is -2.06. The first kappa shape index (κ1) is 16.9. The molecule has 0 bridgehead atoms. The number of ether oxygens (including phenoxy) is 3. The van der Waals surface area contributed by atoms with E-state index >= 15 is 0 Å². The van der Waals surface area contributed by atoms with Gasteiger partial charge in [0.2, 0.25) is 0 Å². The molecule has 1 aromatic carbocycles. The number of rotatable bonds is 9. The van der Waals surface area contributed by atoms with Crippen molar-refractivity contribution in [1.29, 1.82) is 0 Å². The molecular weight excluding hydrogens is 228 g/mol. The molecule has 0 fully saturated rings. The third kappa shape index (κ3) is 10.1. The standard InChI is InChI=1S/C13H20O3.C2H6/c1-14-9-5-6-10-15-11-12-16-13-7-3-2-4-8-13;1-2/h2-4,7-8H,5-6,9-12H2,1H3;1-2H3. The van der Waals surface area contributed by atoms with Crippen molar-refractivity contribution in [2.75, 3.05) is 33.5 Å². The highest BCUT2D eigenvalue weighted by Gasteiger charge is 1.92. The summed E-state index contributed by atoms with van der Waals surface area (Å²) in [6, 6.07) is 9.78. The maximum Gasteiger partial charge on any atom is 0.119 e. The van der Waals surface area contributed by atoms with Gasteiger partial charge >= 0.3 is 0 Å². The van der Waals surface area contributed by atoms with Gasteiger partial charge in [0.25, 0.3) is 0 Å². The molecule has 0 saturated carbocycles. The van der Waals surface area contributed by atoms with Crippen molar-refractivity contribution in [1.82, 2.24) is 0 Å². The Labute approximate surface area is 111 Å². The molecule has 0 unspecified atom stereocenters. The van der Waals surface area contributed by atoms with Gasteiger partial charge in [0, 0.05) is 20.3 Å². The second-order valence-electron chi connectivity index (χ2n) is 3.47. The minimum absolute atomic E-state index is 0.605. The number of unbranched alkanes of at least 4 members (excludes halogenated alkanes) is 1. The monoisotopic (exact) mass is 254 g/mol. The van der Waals surface area contributed by atoms with E-state index in [0.717, 1.165) is 31.8 Å². The smallest absolute Gasteiger partial charge is 0.119 e. The molecule has 0 aliphatic heterocycles. The number of para-hydroxylation sites is 1. The second-order valence-corrected chi connectivity index (χ2v) is 3.47. The van der Waals surface area contributed by atoms with E-state index < -0.39 is 0 Å². The lowest BCUT2D eigenvalue weighted by molar-refractivity contribution is 0.0915. The van der Waals surface area contributed by atoms with Gasteiger partial charge in [-0.15, -0.1) is 0 Å². The molecule has 0 N–H and O–H groups in total. The van der Waals surface area contributed by atoms with Crippen LogP contribution < -0.4 is 4.74 Å². The Morgan fingerprint density at radius 3 is 2.17 bits per heavy atom. The van der Waals surface area contributed by atoms with E-state index in [1.807, 2.05) is 44.2 Å². The molecule has 1 rings (SSSR count). The van der Waals surface area contributed by atoms with Crippen LogP contribution in [0.15, 0.2) is 30.3 Å². The number of hydrogen-bond donors (Lipinski definition) is 0. The van der Waals surface area contributed by atoms with Gasteiger partial charge in [-0.3, -0.25) is 0 Å². The molecule has 0 aliphatic rings. The molecule has 3 heteroatoms. The summed E-state index contributed by atoms with van der Waals surface area (Å²) in [6.45, 7) is 6.83. The zero-order valence-corrected chi connectivity index (χ0v) is 11.9. The zero-order valence-electron chi connectivity index (χ0n) is 11.9. The summed E-state index contributed by atoms with van der Waals surface area (Å²) in [7, 11) is 1.72. The van der Waals surface area contributed by atoms with Crippen LogP contribution in [-0.2, 0) is 9.47 Å². The highest BCUT2D eigenvalue weighted by atomic mass is 16.5. The fourth-order valence-corrected chi connectivity index (χ4v) is 1.29. The second kappa shape index (κ2) is 14.0. The van der Waals surface area contributed by atoms with E-state index in [1.54, 1.807) is 7.11 Å². The van der Waals surface area contributed by atoms with Crippen LogP contribution in [0.3, 0.4) is 0 Å². The predicted molar refractivity (Wildman–Crippen MR) is 75.2 cm³/mol. The van der Waals surface area contributed by atoms with Gasteiger partial charge in [0.1, 0.15) is 12.4 Å². The average molecular weight is 254 g/mol. The molecule has 1 aromatic rings. The Morgan fingerprint density at radius 2 is 1.50 bits per heavy atom. The number of benzene rings is 1. The van der Waals surface area contributed by atoms with Gasteiger partial charge in [-0.05, 0) is 25.0 Å². The van der Waals surface area contributed by atoms with Crippen LogP contribution in [0.5, 0.6) is 5.75 Å². The summed E-state index contributed by atoms with van der Waals surface area (Å²) in [4.78, 5) is 0. The molecular formula is C15H26O3. The van der Waals surface area contributed by atoms with Crippen molar-refractivity contribution in [2.24, 2.45) is 0 Å². The van der Waals surface area contributed by atoms with E-state index in [4.69, 9.17) is 14.2 Å². The topological polar surface area (TPSA) is 27.7 Å². The molecule has 18 heavy (non-hydrogen) atoms. The molecule has 0 radical (unpaired) electrons. The maximum absolute atomic E-state index is 5.48. The Balaban J connectivity index is 0.00000137. The Morgan fingerprint density at radius 1 is 0.833 bits per heavy atom. The van der Waals surface area contributed by atoms with Crippen LogP contribution in [-0.4, -0.2) is 33.5 Å². The Hall–Kier alpha value is -1.06. The van der Waals surface area contributed by atoms with Crippen molar-refractivity contribution < 1.29 is 14.2 Å². The minimum Gasteiger partial charge on any atom is -0.491 e. The first-order valence-electron chi connectivity index (χ1n) is 6.68. The van der Waals surface area contributed by atoms with Crippen molar-refractivity contribution in [3.63, 3.8) is 0 Å². The zero-order chi connectivity index (χ0) is 13.5. The number of hydrogen-bond acceptors (Lipinski definition) is 3. The maximum atomic E-state index is 5.48. The van der Waals surface area contributed by atoms with Crippen molar-refractivity contribution in [3.05, 3.63) is 30.3 Å². The molecule has 0 aliphatic carbocycles. The SMILES string of the molecule is CC.COCCCCOCCOc1ccccc1. The van der Waals surface area contributed by atoms with Crippen molar-refractivity contribution >= 4 is 0 Å². The molecule has 0 aromatic heterocycles. The molecule has 0 saturated heterocycles. The largest absolute Gasteiger partial charge is 0.491 e. The van der Waals surface area contributed by atoms with Crippen LogP contribution in [0.25, 0.3) is 0 Å². The summed E-state index contributed by atoms with van der Waals surface area (Å²) in [5.74, 6) is 0.894. The van der Waals surface area contributed by atoms with Gasteiger partial charge in [0.15, 0.2) is 0 Å². The van der Waals surface area contributed by atoms with Crippen LogP contribution in [0, 0.1) is 0 Å². The van der Waals surface area contributed by atoms with Crippen LogP contribution in [0.4, 0.5) is 0 Å². The van der Waals surface area contributed by atoms with Crippen molar-refractivity contribution in [2.45, 2.75) is 26.7 Å². The molecule has 0 amide bonds. The Kier molecular flexibility index (Phi) is 13.2. The summed E-state index contributed by atoms with van der Waals surface area (Å²) in [5, 5.41) is 0. The lowest BCUT2D eigenvalue weighted by atomic mass is 10.3. The molecule has 0 spiro atoms. The fourth-order valence-electron chi connectivity index (χ4n) is 1.29. The third-order valence-corrected chi connectivity index (χ3v) is 2.13. The highest BCUT2D eigenvalue weighted by Crippen LogP contribution is 2.07. The van der Waals surface area contributed by atoms with Gasteiger partial charge in [-0.1, -0.05) is 32.0 Å². The van der Waals surface area contributed by atoms with E-state index in [0.29, 0.717) is 13.2 Å². The molecule has 104 valence electrons. The average Bonchev–Trinajstić information content (AvgIpc) is 2.45. The van der Waals surface area contributed by atoms with Crippen LogP contribution in [0.2, 0.25) is 0 Å². The molecule has 0 atom stereocenters. The summed E-state index contributed by atoms with van der Waals surface area (Å²) < 4.78 is 15.9. The minimum atomic E-state index is 0.605. The summed E-state index contributed by atoms with van der Waals surface area (Å²) in [6.07, 6.45) is 2.09. The lowest BCUT2D eigenvalue weighted by Crippen LogP contribution is -2.07. The summed E-state index contributed by atoms with van der Waals surface area (Å²) in [5.41, 5.74) is 0. The number of methoxy groups -OCH3 is 1. The Bertz CT molecular complexity index is 249. The normalized spacial score (nSPS) is 9.50. The molecule has 0 heterocycles. The quantitative estimate of drug-likeness (QED) is 0.631. The highest BCUT2D eigenvalue weighted by molar-refractivity contribution is 5.20. The van der Waals surface area contributed by atoms with Gasteiger partial charge in [-0.25, -0.2) is 0 Å². The van der Waals surface area contributed by atoms with Crippen LogP contribution >= 0.6 is 0 Å². The molecule has 3 nitrogen and oxygen atoms in total. The third-order valence-electron chi connectivity index (χ3n) is 2.13. The van der Waals surface area contributed by atoms with E-state index in [9.17, 15) is 0 Å². The summed E-state index contributed by atoms with van der Waals surface area (Å²) >= 11 is 0. The van der Waals surface area contributed by atoms with Crippen LogP contribution in [0.1, 0.15) is 26.7 Å². The first-order chi connectivity index (χ1) is 8.93. The van der Waals surface area contributed by atoms with E-state index in [2.05, 4.69) is 0 Å². The first-order valence-corrected chi connectivity index (χ1v) is 6.68. The van der Waals surface area contributed by atoms with Gasteiger partial charge in [-0.2, -0.15) is 0 Å². The van der Waals surface area contributed by atoms with E-state index in [-0.39, 0.29) is 0 Å². The van der Waals surface area contributed by atoms with E-state index in [1.165, 1.54) is 0 Å².